The van der Waals surface area contributed by atoms with Crippen LogP contribution in [0.1, 0.15) is 16.3 Å². The van der Waals surface area contributed by atoms with Gasteiger partial charge >= 0.3 is 5.97 Å². The molecule has 0 unspecified atom stereocenters. The fourth-order valence-corrected chi connectivity index (χ4v) is 4.41. The zero-order valence-electron chi connectivity index (χ0n) is 18.2. The highest BCUT2D eigenvalue weighted by Crippen LogP contribution is 2.34. The van der Waals surface area contributed by atoms with Crippen molar-refractivity contribution in [1.82, 2.24) is 24.3 Å². The molecule has 166 valence electrons. The topological polar surface area (TPSA) is 99.0 Å². The Balaban J connectivity index is 1.49. The van der Waals surface area contributed by atoms with Gasteiger partial charge < -0.3 is 18.8 Å². The van der Waals surface area contributed by atoms with E-state index in [4.69, 9.17) is 4.52 Å². The molecule has 6 aromatic rings. The number of aromatic nitrogens is 5. The maximum atomic E-state index is 12.2. The van der Waals surface area contributed by atoms with E-state index >= 15 is 0 Å². The number of nitrogens with zero attached hydrogens (tertiary/aromatic N) is 5. The first-order valence-electron chi connectivity index (χ1n) is 10.7. The molecule has 34 heavy (non-hydrogen) atoms. The van der Waals surface area contributed by atoms with Crippen LogP contribution in [0.3, 0.4) is 0 Å². The third-order valence-electron chi connectivity index (χ3n) is 6.02. The predicted molar refractivity (Wildman–Crippen MR) is 127 cm³/mol. The molecule has 0 amide bonds. The highest BCUT2D eigenvalue weighted by molar-refractivity contribution is 6.05. The quantitative estimate of drug-likeness (QED) is 0.398. The van der Waals surface area contributed by atoms with Crippen LogP contribution in [0, 0.1) is 0 Å². The number of aromatic carboxylic acids is 1. The van der Waals surface area contributed by atoms with Crippen LogP contribution in [0.25, 0.3) is 44.5 Å². The summed E-state index contributed by atoms with van der Waals surface area (Å²) >= 11 is 0. The van der Waals surface area contributed by atoms with E-state index in [0.29, 0.717) is 11.7 Å². The number of hydrogen-bond donors (Lipinski definition) is 1. The minimum Gasteiger partial charge on any atom is -0.477 e. The zero-order chi connectivity index (χ0) is 23.2. The molecule has 8 nitrogen and oxygen atoms in total. The normalized spacial score (nSPS) is 11.4. The van der Waals surface area contributed by atoms with Gasteiger partial charge in [0.15, 0.2) is 5.82 Å². The molecular weight excluding hydrogens is 430 g/mol. The number of benzene rings is 2. The minimum absolute atomic E-state index is 0.135. The van der Waals surface area contributed by atoms with Gasteiger partial charge in [-0.3, -0.25) is 4.98 Å². The molecule has 0 atom stereocenters. The summed E-state index contributed by atoms with van der Waals surface area (Å²) in [5.74, 6) is -0.253. The minimum atomic E-state index is -1.04. The number of carbonyl (C=O) groups is 1. The molecule has 0 radical (unpaired) electrons. The first kappa shape index (κ1) is 19.9. The van der Waals surface area contributed by atoms with Gasteiger partial charge in [0.25, 0.3) is 5.89 Å². The molecule has 0 aliphatic rings. The lowest BCUT2D eigenvalue weighted by Gasteiger charge is -2.08. The van der Waals surface area contributed by atoms with Crippen LogP contribution in [0.2, 0.25) is 0 Å². The molecular formula is C26H19N5O3. The van der Waals surface area contributed by atoms with Gasteiger partial charge in [0, 0.05) is 46.9 Å². The van der Waals surface area contributed by atoms with Crippen LogP contribution in [-0.2, 0) is 13.6 Å². The summed E-state index contributed by atoms with van der Waals surface area (Å²) in [5, 5.41) is 15.8. The second kappa shape index (κ2) is 7.70. The molecule has 0 aliphatic heterocycles. The van der Waals surface area contributed by atoms with Crippen molar-refractivity contribution < 1.29 is 14.4 Å². The second-order valence-electron chi connectivity index (χ2n) is 8.06. The van der Waals surface area contributed by atoms with E-state index in [1.807, 2.05) is 78.5 Å². The van der Waals surface area contributed by atoms with Gasteiger partial charge in [-0.25, -0.2) is 4.79 Å². The largest absolute Gasteiger partial charge is 0.477 e. The van der Waals surface area contributed by atoms with Crippen molar-refractivity contribution in [3.63, 3.8) is 0 Å². The molecule has 1 N–H and O–H groups in total. The standard InChI is InChI=1S/C26H19N5O3/c1-30-13-11-17-18(8-5-9-20(17)30)24-19-14-22(26(32)33)31(21(19)10-12-27-24)15-23-28-25(34-29-23)16-6-3-2-4-7-16/h2-14H,15H2,1H3,(H,32,33). The smallest absolute Gasteiger partial charge is 0.352 e. The number of rotatable bonds is 5. The van der Waals surface area contributed by atoms with E-state index in [9.17, 15) is 9.90 Å². The number of carboxylic acid groups (broad SMARTS) is 1. The number of hydrogen-bond acceptors (Lipinski definition) is 5. The van der Waals surface area contributed by atoms with Gasteiger partial charge in [-0.1, -0.05) is 35.5 Å². The van der Waals surface area contributed by atoms with E-state index in [0.717, 1.165) is 38.6 Å². The summed E-state index contributed by atoms with van der Waals surface area (Å²) in [5.41, 5.74) is 4.43. The molecule has 0 fully saturated rings. The fraction of sp³-hybridized carbons (Fsp3) is 0.0769. The third-order valence-corrected chi connectivity index (χ3v) is 6.02. The molecule has 4 aromatic heterocycles. The Labute approximate surface area is 193 Å². The summed E-state index contributed by atoms with van der Waals surface area (Å²) < 4.78 is 9.16. The first-order valence-corrected chi connectivity index (χ1v) is 10.7. The second-order valence-corrected chi connectivity index (χ2v) is 8.06. The lowest BCUT2D eigenvalue weighted by molar-refractivity contribution is 0.0686. The van der Waals surface area contributed by atoms with Gasteiger partial charge in [-0.05, 0) is 36.4 Å². The molecule has 4 heterocycles. The van der Waals surface area contributed by atoms with Crippen LogP contribution < -0.4 is 0 Å². The Morgan fingerprint density at radius 1 is 1.00 bits per heavy atom. The molecule has 0 saturated heterocycles. The molecule has 8 heteroatoms. The summed E-state index contributed by atoms with van der Waals surface area (Å²) in [6, 6.07) is 21.0. The van der Waals surface area contributed by atoms with E-state index in [1.54, 1.807) is 16.8 Å². The zero-order valence-corrected chi connectivity index (χ0v) is 18.2. The summed E-state index contributed by atoms with van der Waals surface area (Å²) in [6.45, 7) is 0.153. The lowest BCUT2D eigenvalue weighted by atomic mass is 10.0. The lowest BCUT2D eigenvalue weighted by Crippen LogP contribution is -2.10. The Kier molecular flexibility index (Phi) is 4.51. The molecule has 2 aromatic carbocycles. The van der Waals surface area contributed by atoms with Gasteiger partial charge in [0.1, 0.15) is 5.69 Å². The molecule has 6 rings (SSSR count). The molecule has 0 aliphatic carbocycles. The Hall–Kier alpha value is -4.72. The van der Waals surface area contributed by atoms with E-state index in [-0.39, 0.29) is 12.2 Å². The predicted octanol–water partition coefficient (Wildman–Crippen LogP) is 4.99. The van der Waals surface area contributed by atoms with Crippen LogP contribution in [0.5, 0.6) is 0 Å². The SMILES string of the molecule is Cn1ccc2c(-c3nccc4c3cc(C(=O)O)n4Cc3noc(-c4ccccc4)n3)cccc21. The average Bonchev–Trinajstić information content (AvgIpc) is 3.58. The average molecular weight is 449 g/mol. The van der Waals surface area contributed by atoms with Crippen molar-refractivity contribution in [2.75, 3.05) is 0 Å². The van der Waals surface area contributed by atoms with Crippen LogP contribution in [-0.4, -0.2) is 35.3 Å². The maximum absolute atomic E-state index is 12.2. The molecule has 0 spiro atoms. The highest BCUT2D eigenvalue weighted by atomic mass is 16.5. The van der Waals surface area contributed by atoms with Crippen LogP contribution in [0.15, 0.2) is 83.6 Å². The van der Waals surface area contributed by atoms with E-state index in [1.165, 1.54) is 0 Å². The highest BCUT2D eigenvalue weighted by Gasteiger charge is 2.21. The van der Waals surface area contributed by atoms with Crippen molar-refractivity contribution in [3.05, 3.63) is 90.6 Å². The maximum Gasteiger partial charge on any atom is 0.352 e. The summed E-state index contributed by atoms with van der Waals surface area (Å²) in [7, 11) is 1.99. The fourth-order valence-electron chi connectivity index (χ4n) is 4.41. The Morgan fingerprint density at radius 3 is 2.68 bits per heavy atom. The Bertz CT molecular complexity index is 1680. The van der Waals surface area contributed by atoms with E-state index < -0.39 is 5.97 Å². The van der Waals surface area contributed by atoms with Gasteiger partial charge in [-0.2, -0.15) is 4.98 Å². The van der Waals surface area contributed by atoms with Gasteiger partial charge in [0.05, 0.1) is 17.8 Å². The van der Waals surface area contributed by atoms with Gasteiger partial charge in [-0.15, -0.1) is 0 Å². The number of pyridine rings is 1. The molecule has 0 saturated carbocycles. The number of fused-ring (bicyclic) bond motifs is 2. The van der Waals surface area contributed by atoms with Crippen molar-refractivity contribution >= 4 is 27.8 Å². The summed E-state index contributed by atoms with van der Waals surface area (Å²) in [4.78, 5) is 21.3. The van der Waals surface area contributed by atoms with E-state index in [2.05, 4.69) is 15.1 Å². The number of aryl methyl sites for hydroxylation is 1. The first-order chi connectivity index (χ1) is 16.6. The van der Waals surface area contributed by atoms with Crippen molar-refractivity contribution in [2.24, 2.45) is 7.05 Å². The van der Waals surface area contributed by atoms with Crippen molar-refractivity contribution in [3.8, 4) is 22.7 Å². The van der Waals surface area contributed by atoms with Crippen molar-refractivity contribution in [1.29, 1.82) is 0 Å². The van der Waals surface area contributed by atoms with Crippen LogP contribution >= 0.6 is 0 Å². The third kappa shape index (κ3) is 3.15. The van der Waals surface area contributed by atoms with Gasteiger partial charge in [0.2, 0.25) is 0 Å². The molecule has 0 bridgehead atoms. The number of carboxylic acids is 1. The monoisotopic (exact) mass is 449 g/mol. The summed E-state index contributed by atoms with van der Waals surface area (Å²) in [6.07, 6.45) is 3.70. The Morgan fingerprint density at radius 2 is 1.85 bits per heavy atom. The van der Waals surface area contributed by atoms with Crippen molar-refractivity contribution in [2.45, 2.75) is 6.54 Å². The van der Waals surface area contributed by atoms with Crippen LogP contribution in [0.4, 0.5) is 0 Å².